The van der Waals surface area contributed by atoms with Crippen molar-refractivity contribution in [3.8, 4) is 5.75 Å². The van der Waals surface area contributed by atoms with Gasteiger partial charge in [-0.15, -0.1) is 0 Å². The molecular formula is C16H16N2O3. The minimum absolute atomic E-state index is 0.0752. The average molecular weight is 284 g/mol. The Bertz CT molecular complexity index is 727. The number of nitrogens with two attached hydrogens (primary N) is 1. The van der Waals surface area contributed by atoms with Crippen molar-refractivity contribution >= 4 is 22.6 Å². The predicted molar refractivity (Wildman–Crippen MR) is 78.9 cm³/mol. The van der Waals surface area contributed by atoms with E-state index in [0.29, 0.717) is 13.0 Å². The molecule has 0 aliphatic carbocycles. The lowest BCUT2D eigenvalue weighted by atomic mass is 10.0. The van der Waals surface area contributed by atoms with Gasteiger partial charge in [-0.3, -0.25) is 9.59 Å². The molecule has 0 spiro atoms. The Morgan fingerprint density at radius 1 is 1.19 bits per heavy atom. The number of primary amides is 1. The fraction of sp³-hybridized carbons (Fsp3) is 0.250. The third-order valence-corrected chi connectivity index (χ3v) is 3.94. The second kappa shape index (κ2) is 5.09. The third-order valence-electron chi connectivity index (χ3n) is 3.94. The highest BCUT2D eigenvalue weighted by atomic mass is 16.3. The number of carbonyl (C=O) groups is 2. The molecule has 1 fully saturated rings. The van der Waals surface area contributed by atoms with E-state index >= 15 is 0 Å². The van der Waals surface area contributed by atoms with Crippen molar-refractivity contribution in [1.82, 2.24) is 4.90 Å². The molecule has 3 N–H and O–H groups in total. The summed E-state index contributed by atoms with van der Waals surface area (Å²) in [6.45, 7) is 0.485. The van der Waals surface area contributed by atoms with Crippen LogP contribution in [0.3, 0.4) is 0 Å². The maximum atomic E-state index is 12.6. The lowest BCUT2D eigenvalue weighted by Gasteiger charge is -2.22. The predicted octanol–water partition coefficient (Wildman–Crippen LogP) is 1.64. The monoisotopic (exact) mass is 284 g/mol. The highest BCUT2D eigenvalue weighted by Crippen LogP contribution is 2.28. The molecule has 1 unspecified atom stereocenters. The second-order valence-electron chi connectivity index (χ2n) is 5.28. The first kappa shape index (κ1) is 13.4. The summed E-state index contributed by atoms with van der Waals surface area (Å²) in [5.74, 6) is -0.922. The van der Waals surface area contributed by atoms with Gasteiger partial charge in [-0.2, -0.15) is 0 Å². The van der Waals surface area contributed by atoms with Gasteiger partial charge in [0.1, 0.15) is 11.8 Å². The number of hydrogen-bond donors (Lipinski definition) is 2. The van der Waals surface area contributed by atoms with Crippen LogP contribution < -0.4 is 5.73 Å². The number of likely N-dealkylation sites (tertiary alicyclic amines) is 1. The van der Waals surface area contributed by atoms with Crippen molar-refractivity contribution in [3.63, 3.8) is 0 Å². The summed E-state index contributed by atoms with van der Waals surface area (Å²) in [5.41, 5.74) is 5.55. The number of hydrogen-bond acceptors (Lipinski definition) is 3. The van der Waals surface area contributed by atoms with Crippen LogP contribution in [0.4, 0.5) is 0 Å². The highest BCUT2D eigenvalue weighted by Gasteiger charge is 2.34. The second-order valence-corrected chi connectivity index (χ2v) is 5.28. The Morgan fingerprint density at radius 2 is 1.86 bits per heavy atom. The molecule has 1 heterocycles. The molecule has 108 valence electrons. The summed E-state index contributed by atoms with van der Waals surface area (Å²) >= 11 is 0. The molecule has 1 saturated heterocycles. The highest BCUT2D eigenvalue weighted by molar-refractivity contribution is 6.03. The van der Waals surface area contributed by atoms with Crippen LogP contribution >= 0.6 is 0 Å². The van der Waals surface area contributed by atoms with Crippen LogP contribution in [0.2, 0.25) is 0 Å². The molecule has 2 aromatic carbocycles. The SMILES string of the molecule is NC(=O)C1CCCN1C(=O)c1cc2ccccc2cc1O. The molecule has 5 nitrogen and oxygen atoms in total. The summed E-state index contributed by atoms with van der Waals surface area (Å²) in [6.07, 6.45) is 1.32. The molecular weight excluding hydrogens is 268 g/mol. The van der Waals surface area contributed by atoms with Crippen molar-refractivity contribution in [2.75, 3.05) is 6.54 Å². The number of carbonyl (C=O) groups excluding carboxylic acids is 2. The molecule has 21 heavy (non-hydrogen) atoms. The smallest absolute Gasteiger partial charge is 0.258 e. The van der Waals surface area contributed by atoms with Gasteiger partial charge in [-0.1, -0.05) is 24.3 Å². The Hall–Kier alpha value is -2.56. The van der Waals surface area contributed by atoms with Crippen LogP contribution in [-0.2, 0) is 4.79 Å². The van der Waals surface area contributed by atoms with Gasteiger partial charge in [-0.25, -0.2) is 0 Å². The Kier molecular flexibility index (Phi) is 3.25. The quantitative estimate of drug-likeness (QED) is 0.879. The molecule has 1 atom stereocenters. The fourth-order valence-electron chi connectivity index (χ4n) is 2.86. The van der Waals surface area contributed by atoms with Crippen molar-refractivity contribution in [1.29, 1.82) is 0 Å². The van der Waals surface area contributed by atoms with Crippen LogP contribution in [0, 0.1) is 0 Å². The van der Waals surface area contributed by atoms with Gasteiger partial charge in [0.25, 0.3) is 5.91 Å². The molecule has 1 aliphatic heterocycles. The van der Waals surface area contributed by atoms with Gasteiger partial charge in [0.05, 0.1) is 5.56 Å². The first-order valence-electron chi connectivity index (χ1n) is 6.90. The van der Waals surface area contributed by atoms with Crippen LogP contribution in [0.5, 0.6) is 5.75 Å². The molecule has 2 aromatic rings. The number of benzene rings is 2. The molecule has 0 radical (unpaired) electrons. The summed E-state index contributed by atoms with van der Waals surface area (Å²) < 4.78 is 0. The summed E-state index contributed by atoms with van der Waals surface area (Å²) in [7, 11) is 0. The molecule has 0 bridgehead atoms. The molecule has 5 heteroatoms. The molecule has 2 amide bonds. The van der Waals surface area contributed by atoms with Crippen LogP contribution in [0.15, 0.2) is 36.4 Å². The molecule has 0 aromatic heterocycles. The molecule has 3 rings (SSSR count). The van der Waals surface area contributed by atoms with E-state index in [-0.39, 0.29) is 17.2 Å². The average Bonchev–Trinajstić information content (AvgIpc) is 2.95. The van der Waals surface area contributed by atoms with E-state index < -0.39 is 11.9 Å². The number of fused-ring (bicyclic) bond motifs is 1. The number of amides is 2. The minimum Gasteiger partial charge on any atom is -0.507 e. The van der Waals surface area contributed by atoms with E-state index in [1.165, 1.54) is 4.90 Å². The topological polar surface area (TPSA) is 83.6 Å². The Balaban J connectivity index is 2.01. The van der Waals surface area contributed by atoms with Gasteiger partial charge in [0.2, 0.25) is 5.91 Å². The van der Waals surface area contributed by atoms with E-state index in [0.717, 1.165) is 17.2 Å². The molecule has 0 saturated carbocycles. The maximum absolute atomic E-state index is 12.6. The van der Waals surface area contributed by atoms with E-state index in [4.69, 9.17) is 5.73 Å². The van der Waals surface area contributed by atoms with Crippen molar-refractivity contribution in [2.24, 2.45) is 5.73 Å². The van der Waals surface area contributed by atoms with E-state index in [1.807, 2.05) is 24.3 Å². The van der Waals surface area contributed by atoms with Crippen LogP contribution in [0.25, 0.3) is 10.8 Å². The summed E-state index contributed by atoms with van der Waals surface area (Å²) in [4.78, 5) is 25.4. The fourth-order valence-corrected chi connectivity index (χ4v) is 2.86. The summed E-state index contributed by atoms with van der Waals surface area (Å²) in [6, 6.07) is 10.1. The van der Waals surface area contributed by atoms with E-state index in [2.05, 4.69) is 0 Å². The van der Waals surface area contributed by atoms with Crippen LogP contribution in [-0.4, -0.2) is 34.4 Å². The standard InChI is InChI=1S/C16H16N2O3/c17-15(20)13-6-3-7-18(13)16(21)12-8-10-4-1-2-5-11(10)9-14(12)19/h1-2,4-5,8-9,13,19H,3,6-7H2,(H2,17,20). The largest absolute Gasteiger partial charge is 0.507 e. The Labute approximate surface area is 122 Å². The summed E-state index contributed by atoms with van der Waals surface area (Å²) in [5, 5.41) is 11.8. The van der Waals surface area contributed by atoms with E-state index in [9.17, 15) is 14.7 Å². The third kappa shape index (κ3) is 2.31. The number of phenols is 1. The number of rotatable bonds is 2. The zero-order valence-corrected chi connectivity index (χ0v) is 11.5. The molecule has 1 aliphatic rings. The van der Waals surface area contributed by atoms with E-state index in [1.54, 1.807) is 12.1 Å². The van der Waals surface area contributed by atoms with Crippen molar-refractivity contribution in [2.45, 2.75) is 18.9 Å². The number of aromatic hydroxyl groups is 1. The first-order chi connectivity index (χ1) is 10.1. The van der Waals surface area contributed by atoms with Gasteiger partial charge >= 0.3 is 0 Å². The first-order valence-corrected chi connectivity index (χ1v) is 6.90. The zero-order chi connectivity index (χ0) is 15.0. The van der Waals surface area contributed by atoms with Gasteiger partial charge in [-0.05, 0) is 35.7 Å². The number of phenolic OH excluding ortho intramolecular Hbond substituents is 1. The van der Waals surface area contributed by atoms with Crippen molar-refractivity contribution < 1.29 is 14.7 Å². The van der Waals surface area contributed by atoms with Gasteiger partial charge in [0.15, 0.2) is 0 Å². The lowest BCUT2D eigenvalue weighted by Crippen LogP contribution is -2.43. The minimum atomic E-state index is -0.580. The van der Waals surface area contributed by atoms with Crippen molar-refractivity contribution in [3.05, 3.63) is 42.0 Å². The van der Waals surface area contributed by atoms with Gasteiger partial charge < -0.3 is 15.7 Å². The normalized spacial score (nSPS) is 18.1. The lowest BCUT2D eigenvalue weighted by molar-refractivity contribution is -0.121. The van der Waals surface area contributed by atoms with Gasteiger partial charge in [0, 0.05) is 6.54 Å². The number of nitrogens with zero attached hydrogens (tertiary/aromatic N) is 1. The Morgan fingerprint density at radius 3 is 2.52 bits per heavy atom. The van der Waals surface area contributed by atoms with Crippen LogP contribution in [0.1, 0.15) is 23.2 Å². The maximum Gasteiger partial charge on any atom is 0.258 e. The zero-order valence-electron chi connectivity index (χ0n) is 11.5.